The lowest BCUT2D eigenvalue weighted by molar-refractivity contribution is 0.0938. The first-order chi connectivity index (χ1) is 11.2. The molecule has 1 amide bonds. The van der Waals surface area contributed by atoms with E-state index < -0.39 is 0 Å². The second kappa shape index (κ2) is 6.87. The summed E-state index contributed by atoms with van der Waals surface area (Å²) >= 11 is 0. The fourth-order valence-electron chi connectivity index (χ4n) is 2.26. The maximum atomic E-state index is 12.3. The van der Waals surface area contributed by atoms with Crippen molar-refractivity contribution in [3.8, 4) is 5.69 Å². The number of benzene rings is 1. The van der Waals surface area contributed by atoms with Crippen molar-refractivity contribution in [1.82, 2.24) is 25.5 Å². The van der Waals surface area contributed by atoms with E-state index in [2.05, 4.69) is 20.8 Å². The van der Waals surface area contributed by atoms with E-state index in [1.165, 1.54) is 11.0 Å². The Bertz CT molecular complexity index is 753. The number of rotatable bonds is 6. The van der Waals surface area contributed by atoms with Gasteiger partial charge in [0.2, 0.25) is 0 Å². The van der Waals surface area contributed by atoms with E-state index >= 15 is 0 Å². The Balaban J connectivity index is 1.60. The lowest BCUT2D eigenvalue weighted by Crippen LogP contribution is -2.32. The van der Waals surface area contributed by atoms with E-state index in [-0.39, 0.29) is 11.9 Å². The van der Waals surface area contributed by atoms with E-state index in [0.717, 1.165) is 24.3 Å². The van der Waals surface area contributed by atoms with Gasteiger partial charge in [0.15, 0.2) is 0 Å². The minimum absolute atomic E-state index is 0.0456. The van der Waals surface area contributed by atoms with Gasteiger partial charge in [-0.3, -0.25) is 4.79 Å². The van der Waals surface area contributed by atoms with Crippen LogP contribution in [0.25, 0.3) is 5.69 Å². The molecule has 3 rings (SSSR count). The summed E-state index contributed by atoms with van der Waals surface area (Å²) < 4.78 is 6.81. The molecular weight excluding hydrogens is 294 g/mol. The van der Waals surface area contributed by atoms with Crippen LogP contribution in [0.2, 0.25) is 0 Å². The van der Waals surface area contributed by atoms with Crippen LogP contribution in [0.15, 0.2) is 53.4 Å². The Kier molecular flexibility index (Phi) is 4.46. The molecule has 118 valence electrons. The van der Waals surface area contributed by atoms with Gasteiger partial charge in [0.05, 0.1) is 12.0 Å². The topological polar surface area (TPSA) is 85.8 Å². The molecule has 7 heteroatoms. The Labute approximate surface area is 133 Å². The minimum atomic E-state index is -0.119. The lowest BCUT2D eigenvalue weighted by atomic mass is 10.1. The van der Waals surface area contributed by atoms with Gasteiger partial charge in [-0.05, 0) is 54.1 Å². The maximum absolute atomic E-state index is 12.3. The van der Waals surface area contributed by atoms with Crippen LogP contribution in [0, 0.1) is 0 Å². The summed E-state index contributed by atoms with van der Waals surface area (Å²) in [4.78, 5) is 12.3. The highest BCUT2D eigenvalue weighted by Gasteiger charge is 2.11. The smallest absolute Gasteiger partial charge is 0.251 e. The molecule has 7 nitrogen and oxygen atoms in total. The van der Waals surface area contributed by atoms with Gasteiger partial charge in [0.1, 0.15) is 12.1 Å². The molecule has 0 aliphatic heterocycles. The third-order valence-electron chi connectivity index (χ3n) is 3.50. The molecule has 1 aromatic carbocycles. The van der Waals surface area contributed by atoms with Crippen LogP contribution in [-0.4, -0.2) is 32.2 Å². The minimum Gasteiger partial charge on any atom is -0.469 e. The van der Waals surface area contributed by atoms with Crippen LogP contribution in [0.5, 0.6) is 0 Å². The zero-order valence-electron chi connectivity index (χ0n) is 12.7. The van der Waals surface area contributed by atoms with E-state index in [9.17, 15) is 4.79 Å². The number of aromatic nitrogens is 4. The van der Waals surface area contributed by atoms with E-state index in [1.54, 1.807) is 24.5 Å². The summed E-state index contributed by atoms with van der Waals surface area (Å²) in [5, 5.41) is 14.0. The molecule has 0 bridgehead atoms. The lowest BCUT2D eigenvalue weighted by Gasteiger charge is -2.13. The van der Waals surface area contributed by atoms with Crippen LogP contribution in [-0.2, 0) is 6.42 Å². The van der Waals surface area contributed by atoms with Crippen LogP contribution in [0.1, 0.15) is 29.5 Å². The average Bonchev–Trinajstić information content (AvgIpc) is 3.26. The number of carbonyl (C=O) groups is 1. The predicted molar refractivity (Wildman–Crippen MR) is 83.1 cm³/mol. The van der Waals surface area contributed by atoms with Gasteiger partial charge in [0.25, 0.3) is 5.91 Å². The molecule has 0 saturated heterocycles. The summed E-state index contributed by atoms with van der Waals surface area (Å²) in [6, 6.07) is 11.0. The van der Waals surface area contributed by atoms with Gasteiger partial charge in [-0.15, -0.1) is 5.10 Å². The number of hydrogen-bond donors (Lipinski definition) is 1. The van der Waals surface area contributed by atoms with Crippen molar-refractivity contribution in [3.05, 3.63) is 60.3 Å². The molecule has 1 N–H and O–H groups in total. The standard InChI is InChI=1S/C16H17N5O2/c1-12(7-8-15-6-3-9-23-15)18-16(22)13-4-2-5-14(10-13)21-11-17-19-20-21/h2-6,9-12H,7-8H2,1H3,(H,18,22)/t12-/m0/s1. The predicted octanol–water partition coefficient (Wildman–Crippen LogP) is 2.01. The van der Waals surface area contributed by atoms with Gasteiger partial charge in [-0.1, -0.05) is 6.07 Å². The summed E-state index contributed by atoms with van der Waals surface area (Å²) in [6.07, 6.45) is 4.75. The molecule has 0 spiro atoms. The molecule has 0 radical (unpaired) electrons. The van der Waals surface area contributed by atoms with Gasteiger partial charge >= 0.3 is 0 Å². The number of hydrogen-bond acceptors (Lipinski definition) is 5. The quantitative estimate of drug-likeness (QED) is 0.752. The molecule has 0 fully saturated rings. The Morgan fingerprint density at radius 1 is 1.35 bits per heavy atom. The van der Waals surface area contributed by atoms with Crippen molar-refractivity contribution in [1.29, 1.82) is 0 Å². The van der Waals surface area contributed by atoms with E-state index in [0.29, 0.717) is 5.56 Å². The Morgan fingerprint density at radius 2 is 2.26 bits per heavy atom. The highest BCUT2D eigenvalue weighted by molar-refractivity contribution is 5.94. The summed E-state index contributed by atoms with van der Waals surface area (Å²) in [7, 11) is 0. The van der Waals surface area contributed by atoms with Crippen LogP contribution < -0.4 is 5.32 Å². The van der Waals surface area contributed by atoms with Crippen molar-refractivity contribution >= 4 is 5.91 Å². The Hall–Kier alpha value is -2.96. The third-order valence-corrected chi connectivity index (χ3v) is 3.50. The van der Waals surface area contributed by atoms with Crippen molar-refractivity contribution < 1.29 is 9.21 Å². The maximum Gasteiger partial charge on any atom is 0.251 e. The third kappa shape index (κ3) is 3.82. The number of carbonyl (C=O) groups excluding carboxylic acids is 1. The van der Waals surface area contributed by atoms with Crippen molar-refractivity contribution in [2.75, 3.05) is 0 Å². The first-order valence-corrected chi connectivity index (χ1v) is 7.39. The van der Waals surface area contributed by atoms with Crippen LogP contribution >= 0.6 is 0 Å². The van der Waals surface area contributed by atoms with Crippen molar-refractivity contribution in [2.24, 2.45) is 0 Å². The number of tetrazole rings is 1. The first kappa shape index (κ1) is 15.0. The number of furan rings is 1. The second-order valence-corrected chi connectivity index (χ2v) is 5.30. The number of nitrogens with one attached hydrogen (secondary N) is 1. The molecule has 2 heterocycles. The average molecular weight is 311 g/mol. The molecule has 0 aliphatic carbocycles. The highest BCUT2D eigenvalue weighted by Crippen LogP contribution is 2.10. The van der Waals surface area contributed by atoms with Crippen LogP contribution in [0.4, 0.5) is 0 Å². The molecular formula is C16H17N5O2. The van der Waals surface area contributed by atoms with Crippen molar-refractivity contribution in [3.63, 3.8) is 0 Å². The molecule has 1 atom stereocenters. The molecule has 2 aromatic heterocycles. The largest absolute Gasteiger partial charge is 0.469 e. The normalized spacial score (nSPS) is 12.0. The highest BCUT2D eigenvalue weighted by atomic mass is 16.3. The summed E-state index contributed by atoms with van der Waals surface area (Å²) in [5.74, 6) is 0.804. The zero-order chi connectivity index (χ0) is 16.1. The number of nitrogens with zero attached hydrogens (tertiary/aromatic N) is 4. The fourth-order valence-corrected chi connectivity index (χ4v) is 2.26. The first-order valence-electron chi connectivity index (χ1n) is 7.39. The SMILES string of the molecule is C[C@@H](CCc1ccco1)NC(=O)c1cccc(-n2cnnn2)c1. The number of amides is 1. The second-order valence-electron chi connectivity index (χ2n) is 5.30. The van der Waals surface area contributed by atoms with Gasteiger partial charge < -0.3 is 9.73 Å². The Morgan fingerprint density at radius 3 is 3.00 bits per heavy atom. The van der Waals surface area contributed by atoms with Gasteiger partial charge in [-0.2, -0.15) is 0 Å². The van der Waals surface area contributed by atoms with E-state index in [1.807, 2.05) is 25.1 Å². The van der Waals surface area contributed by atoms with Crippen molar-refractivity contribution in [2.45, 2.75) is 25.8 Å². The number of aryl methyl sites for hydroxylation is 1. The monoisotopic (exact) mass is 311 g/mol. The summed E-state index contributed by atoms with van der Waals surface area (Å²) in [5.41, 5.74) is 1.31. The molecule has 23 heavy (non-hydrogen) atoms. The molecule has 0 unspecified atom stereocenters. The zero-order valence-corrected chi connectivity index (χ0v) is 12.7. The van der Waals surface area contributed by atoms with Gasteiger partial charge in [0, 0.05) is 18.0 Å². The summed E-state index contributed by atoms with van der Waals surface area (Å²) in [6.45, 7) is 1.98. The fraction of sp³-hybridized carbons (Fsp3) is 0.250. The molecule has 3 aromatic rings. The van der Waals surface area contributed by atoms with Gasteiger partial charge in [-0.25, -0.2) is 4.68 Å². The van der Waals surface area contributed by atoms with E-state index in [4.69, 9.17) is 4.42 Å². The molecule has 0 aliphatic rings. The van der Waals surface area contributed by atoms with Crippen LogP contribution in [0.3, 0.4) is 0 Å². The molecule has 0 saturated carbocycles.